The number of aromatic nitrogens is 2. The molecular formula is C14H16Br2ClN3. The summed E-state index contributed by atoms with van der Waals surface area (Å²) in [6, 6.07) is 5.84. The molecule has 0 radical (unpaired) electrons. The van der Waals surface area contributed by atoms with E-state index >= 15 is 0 Å². The van der Waals surface area contributed by atoms with Gasteiger partial charge in [0.25, 0.3) is 0 Å². The van der Waals surface area contributed by atoms with Crippen LogP contribution in [-0.2, 0) is 6.54 Å². The third-order valence-corrected chi connectivity index (χ3v) is 4.67. The van der Waals surface area contributed by atoms with Crippen molar-refractivity contribution in [3.8, 4) is 0 Å². The Morgan fingerprint density at radius 3 is 2.75 bits per heavy atom. The number of rotatable bonds is 5. The van der Waals surface area contributed by atoms with E-state index in [9.17, 15) is 0 Å². The standard InChI is InChI=1S/C14H16Br2ClN3/c1-3-6-20-14(12(16)8-19-20)13(18-2)10-7-9(17)4-5-11(10)15/h4-5,7-8,13,18H,3,6H2,1-2H3. The first-order valence-corrected chi connectivity index (χ1v) is 8.38. The van der Waals surface area contributed by atoms with Gasteiger partial charge in [-0.15, -0.1) is 0 Å². The predicted molar refractivity (Wildman–Crippen MR) is 90.3 cm³/mol. The summed E-state index contributed by atoms with van der Waals surface area (Å²) in [5.74, 6) is 0. The molecule has 0 aliphatic carbocycles. The lowest BCUT2D eigenvalue weighted by atomic mass is 10.0. The molecule has 1 aromatic heterocycles. The van der Waals surface area contributed by atoms with Gasteiger partial charge in [0.15, 0.2) is 0 Å². The zero-order valence-electron chi connectivity index (χ0n) is 11.3. The highest BCUT2D eigenvalue weighted by atomic mass is 79.9. The fraction of sp³-hybridized carbons (Fsp3) is 0.357. The summed E-state index contributed by atoms with van der Waals surface area (Å²) in [7, 11) is 1.94. The maximum atomic E-state index is 6.14. The topological polar surface area (TPSA) is 29.9 Å². The molecule has 3 nitrogen and oxygen atoms in total. The van der Waals surface area contributed by atoms with Gasteiger partial charge in [0.1, 0.15) is 0 Å². The Morgan fingerprint density at radius 2 is 2.10 bits per heavy atom. The molecule has 6 heteroatoms. The van der Waals surface area contributed by atoms with E-state index in [1.807, 2.05) is 36.1 Å². The van der Waals surface area contributed by atoms with Crippen molar-refractivity contribution in [2.75, 3.05) is 7.05 Å². The number of halogens is 3. The van der Waals surface area contributed by atoms with Gasteiger partial charge in [0.05, 0.1) is 22.4 Å². The predicted octanol–water partition coefficient (Wildman–Crippen LogP) is 4.78. The molecule has 0 amide bonds. The Kier molecular flexibility index (Phi) is 5.66. The van der Waals surface area contributed by atoms with Crippen molar-refractivity contribution in [2.45, 2.75) is 25.9 Å². The van der Waals surface area contributed by atoms with Gasteiger partial charge < -0.3 is 5.32 Å². The second kappa shape index (κ2) is 7.07. The van der Waals surface area contributed by atoms with Gasteiger partial charge in [-0.2, -0.15) is 5.10 Å². The van der Waals surface area contributed by atoms with E-state index in [2.05, 4.69) is 49.2 Å². The normalized spacial score (nSPS) is 12.7. The zero-order chi connectivity index (χ0) is 14.7. The average molecular weight is 422 g/mol. The van der Waals surface area contributed by atoms with E-state index in [1.165, 1.54) is 0 Å². The molecule has 1 N–H and O–H groups in total. The highest BCUT2D eigenvalue weighted by Crippen LogP contribution is 2.34. The Hall–Kier alpha value is -0.360. The van der Waals surface area contributed by atoms with Crippen LogP contribution in [0.25, 0.3) is 0 Å². The Morgan fingerprint density at radius 1 is 1.35 bits per heavy atom. The van der Waals surface area contributed by atoms with Gasteiger partial charge in [-0.3, -0.25) is 4.68 Å². The molecule has 0 aliphatic heterocycles. The molecule has 1 aromatic carbocycles. The minimum atomic E-state index is 0.0199. The molecule has 0 spiro atoms. The molecule has 0 saturated carbocycles. The van der Waals surface area contributed by atoms with Crippen LogP contribution in [0, 0.1) is 0 Å². The summed E-state index contributed by atoms with van der Waals surface area (Å²) in [5.41, 5.74) is 2.20. The third-order valence-electron chi connectivity index (χ3n) is 3.10. The number of aryl methyl sites for hydroxylation is 1. The van der Waals surface area contributed by atoms with Crippen LogP contribution >= 0.6 is 43.5 Å². The summed E-state index contributed by atoms with van der Waals surface area (Å²) in [6.45, 7) is 3.03. The van der Waals surface area contributed by atoms with Gasteiger partial charge in [-0.25, -0.2) is 0 Å². The van der Waals surface area contributed by atoms with Crippen LogP contribution in [0.4, 0.5) is 0 Å². The Balaban J connectivity index is 2.52. The molecule has 0 aliphatic rings. The van der Waals surface area contributed by atoms with Crippen LogP contribution in [0.5, 0.6) is 0 Å². The van der Waals surface area contributed by atoms with Crippen LogP contribution in [0.3, 0.4) is 0 Å². The molecule has 1 atom stereocenters. The molecule has 2 aromatic rings. The van der Waals surface area contributed by atoms with E-state index in [1.54, 1.807) is 0 Å². The molecule has 20 heavy (non-hydrogen) atoms. The van der Waals surface area contributed by atoms with Crippen molar-refractivity contribution in [1.29, 1.82) is 0 Å². The molecule has 1 unspecified atom stereocenters. The van der Waals surface area contributed by atoms with Crippen LogP contribution in [0.2, 0.25) is 5.02 Å². The van der Waals surface area contributed by atoms with E-state index < -0.39 is 0 Å². The van der Waals surface area contributed by atoms with Gasteiger partial charge in [0.2, 0.25) is 0 Å². The van der Waals surface area contributed by atoms with Gasteiger partial charge in [-0.1, -0.05) is 34.5 Å². The van der Waals surface area contributed by atoms with Crippen LogP contribution in [-0.4, -0.2) is 16.8 Å². The maximum absolute atomic E-state index is 6.14. The summed E-state index contributed by atoms with van der Waals surface area (Å²) in [6.07, 6.45) is 2.88. The first-order valence-electron chi connectivity index (χ1n) is 6.41. The van der Waals surface area contributed by atoms with Crippen molar-refractivity contribution in [3.63, 3.8) is 0 Å². The first kappa shape index (κ1) is 16.0. The summed E-state index contributed by atoms with van der Waals surface area (Å²) >= 11 is 13.3. The summed E-state index contributed by atoms with van der Waals surface area (Å²) < 4.78 is 4.05. The number of nitrogens with zero attached hydrogens (tertiary/aromatic N) is 2. The van der Waals surface area contributed by atoms with Crippen molar-refractivity contribution in [3.05, 3.63) is 49.6 Å². The summed E-state index contributed by atoms with van der Waals surface area (Å²) in [5, 5.41) is 8.51. The highest BCUT2D eigenvalue weighted by Gasteiger charge is 2.22. The van der Waals surface area contributed by atoms with Gasteiger partial charge in [0, 0.05) is 16.0 Å². The monoisotopic (exact) mass is 419 g/mol. The lowest BCUT2D eigenvalue weighted by molar-refractivity contribution is 0.532. The van der Waals surface area contributed by atoms with Gasteiger partial charge in [-0.05, 0) is 53.2 Å². The van der Waals surface area contributed by atoms with Crippen LogP contribution in [0.1, 0.15) is 30.6 Å². The molecule has 0 bridgehead atoms. The molecular weight excluding hydrogens is 405 g/mol. The summed E-state index contributed by atoms with van der Waals surface area (Å²) in [4.78, 5) is 0. The fourth-order valence-electron chi connectivity index (χ4n) is 2.22. The smallest absolute Gasteiger partial charge is 0.0768 e. The average Bonchev–Trinajstić information content (AvgIpc) is 2.77. The lowest BCUT2D eigenvalue weighted by Gasteiger charge is -2.20. The minimum Gasteiger partial charge on any atom is -0.308 e. The first-order chi connectivity index (χ1) is 9.58. The number of hydrogen-bond donors (Lipinski definition) is 1. The second-order valence-electron chi connectivity index (χ2n) is 4.49. The SMILES string of the molecule is CCCn1ncc(Br)c1C(NC)c1cc(Cl)ccc1Br. The van der Waals surface area contributed by atoms with Crippen molar-refractivity contribution < 1.29 is 0 Å². The van der Waals surface area contributed by atoms with Gasteiger partial charge >= 0.3 is 0 Å². The van der Waals surface area contributed by atoms with Crippen molar-refractivity contribution in [2.24, 2.45) is 0 Å². The maximum Gasteiger partial charge on any atom is 0.0768 e. The van der Waals surface area contributed by atoms with E-state index in [-0.39, 0.29) is 6.04 Å². The molecule has 108 valence electrons. The van der Waals surface area contributed by atoms with E-state index in [4.69, 9.17) is 11.6 Å². The largest absolute Gasteiger partial charge is 0.308 e. The van der Waals surface area contributed by atoms with Crippen molar-refractivity contribution in [1.82, 2.24) is 15.1 Å². The minimum absolute atomic E-state index is 0.0199. The molecule has 1 heterocycles. The molecule has 0 fully saturated rings. The third kappa shape index (κ3) is 3.27. The second-order valence-corrected chi connectivity index (χ2v) is 6.63. The Labute approximate surface area is 141 Å². The van der Waals surface area contributed by atoms with Crippen LogP contribution < -0.4 is 5.32 Å². The number of nitrogens with one attached hydrogen (secondary N) is 1. The number of benzene rings is 1. The van der Waals surface area contributed by atoms with Crippen LogP contribution in [0.15, 0.2) is 33.3 Å². The zero-order valence-corrected chi connectivity index (χ0v) is 15.3. The van der Waals surface area contributed by atoms with E-state index in [0.717, 1.165) is 38.2 Å². The molecule has 2 rings (SSSR count). The van der Waals surface area contributed by atoms with E-state index in [0.29, 0.717) is 0 Å². The fourth-order valence-corrected chi connectivity index (χ4v) is 3.41. The lowest BCUT2D eigenvalue weighted by Crippen LogP contribution is -2.22. The Bertz CT molecular complexity index is 598. The number of hydrogen-bond acceptors (Lipinski definition) is 2. The molecule has 0 saturated heterocycles. The highest BCUT2D eigenvalue weighted by molar-refractivity contribution is 9.10. The van der Waals surface area contributed by atoms with Crippen molar-refractivity contribution >= 4 is 43.5 Å². The quantitative estimate of drug-likeness (QED) is 0.753.